The number of thiophene rings is 1. The molecule has 0 bridgehead atoms. The summed E-state index contributed by atoms with van der Waals surface area (Å²) in [7, 11) is 1.69. The molecule has 0 aliphatic carbocycles. The van der Waals surface area contributed by atoms with Crippen LogP contribution in [0.3, 0.4) is 0 Å². The third-order valence-electron chi connectivity index (χ3n) is 1.06. The first kappa shape index (κ1) is 6.29. The van der Waals surface area contributed by atoms with Crippen LogP contribution in [-0.2, 0) is 0 Å². The summed E-state index contributed by atoms with van der Waals surface area (Å²) in [4.78, 5) is 3.83. The van der Waals surface area contributed by atoms with Crippen molar-refractivity contribution >= 4 is 17.2 Å². The second-order valence-electron chi connectivity index (χ2n) is 1.62. The second-order valence-corrected chi connectivity index (χ2v) is 2.40. The van der Waals surface area contributed by atoms with E-state index < -0.39 is 0 Å². The van der Waals surface area contributed by atoms with Crippen LogP contribution in [0.4, 0.5) is 0 Å². The van der Waals surface area contributed by atoms with Gasteiger partial charge in [0.1, 0.15) is 5.84 Å². The molecule has 0 spiro atoms. The Labute approximate surface area is 58.0 Å². The van der Waals surface area contributed by atoms with E-state index in [2.05, 4.69) is 4.99 Å². The summed E-state index contributed by atoms with van der Waals surface area (Å²) in [6.45, 7) is 0. The van der Waals surface area contributed by atoms with Gasteiger partial charge in [-0.3, -0.25) is 4.99 Å². The molecule has 0 amide bonds. The zero-order valence-electron chi connectivity index (χ0n) is 5.16. The van der Waals surface area contributed by atoms with Crippen molar-refractivity contribution in [3.05, 3.63) is 22.4 Å². The quantitative estimate of drug-likeness (QED) is 0.460. The highest BCUT2D eigenvalue weighted by Crippen LogP contribution is 2.04. The number of nitrogens with zero attached hydrogens (tertiary/aromatic N) is 1. The average molecular weight is 140 g/mol. The molecule has 0 saturated carbocycles. The van der Waals surface area contributed by atoms with Crippen molar-refractivity contribution in [2.45, 2.75) is 0 Å². The molecule has 1 aromatic rings. The van der Waals surface area contributed by atoms with Crippen molar-refractivity contribution in [3.63, 3.8) is 0 Å². The second kappa shape index (κ2) is 2.64. The highest BCUT2D eigenvalue weighted by atomic mass is 32.1. The first-order valence-corrected chi connectivity index (χ1v) is 3.53. The van der Waals surface area contributed by atoms with Gasteiger partial charge in [-0.05, 0) is 11.4 Å². The topological polar surface area (TPSA) is 38.4 Å². The molecule has 0 aliphatic rings. The van der Waals surface area contributed by atoms with E-state index in [9.17, 15) is 0 Å². The van der Waals surface area contributed by atoms with Gasteiger partial charge >= 0.3 is 0 Å². The molecule has 0 aromatic carbocycles. The molecule has 0 atom stereocenters. The van der Waals surface area contributed by atoms with Crippen LogP contribution in [0, 0.1) is 0 Å². The maximum atomic E-state index is 5.50. The van der Waals surface area contributed by atoms with Crippen LogP contribution in [0.1, 0.15) is 5.56 Å². The third kappa shape index (κ3) is 1.29. The van der Waals surface area contributed by atoms with Crippen LogP contribution in [-0.4, -0.2) is 12.9 Å². The minimum absolute atomic E-state index is 0.608. The van der Waals surface area contributed by atoms with E-state index in [0.29, 0.717) is 5.84 Å². The smallest absolute Gasteiger partial charge is 0.126 e. The van der Waals surface area contributed by atoms with Gasteiger partial charge in [-0.2, -0.15) is 11.3 Å². The zero-order chi connectivity index (χ0) is 6.69. The predicted octanol–water partition coefficient (Wildman–Crippen LogP) is 1.08. The molecule has 0 fully saturated rings. The fraction of sp³-hybridized carbons (Fsp3) is 0.167. The highest BCUT2D eigenvalue weighted by Gasteiger charge is 1.93. The van der Waals surface area contributed by atoms with Crippen molar-refractivity contribution in [2.24, 2.45) is 10.7 Å². The lowest BCUT2D eigenvalue weighted by Gasteiger charge is -1.89. The number of hydrogen-bond donors (Lipinski definition) is 1. The number of rotatable bonds is 1. The van der Waals surface area contributed by atoms with Gasteiger partial charge in [-0.15, -0.1) is 0 Å². The van der Waals surface area contributed by atoms with Crippen molar-refractivity contribution in [1.82, 2.24) is 0 Å². The van der Waals surface area contributed by atoms with Gasteiger partial charge in [0.2, 0.25) is 0 Å². The van der Waals surface area contributed by atoms with E-state index in [-0.39, 0.29) is 0 Å². The summed E-state index contributed by atoms with van der Waals surface area (Å²) in [5, 5.41) is 3.95. The molecule has 0 aliphatic heterocycles. The van der Waals surface area contributed by atoms with Crippen LogP contribution in [0.5, 0.6) is 0 Å². The van der Waals surface area contributed by atoms with Gasteiger partial charge in [0.05, 0.1) is 0 Å². The van der Waals surface area contributed by atoms with Crippen LogP contribution < -0.4 is 5.73 Å². The molecular weight excluding hydrogens is 132 g/mol. The largest absolute Gasteiger partial charge is 0.383 e. The van der Waals surface area contributed by atoms with Gasteiger partial charge in [0, 0.05) is 18.0 Å². The van der Waals surface area contributed by atoms with E-state index in [0.717, 1.165) is 5.56 Å². The first-order chi connectivity index (χ1) is 4.34. The Bertz CT molecular complexity index is 201. The summed E-state index contributed by atoms with van der Waals surface area (Å²) >= 11 is 1.62. The van der Waals surface area contributed by atoms with Crippen LogP contribution in [0.2, 0.25) is 0 Å². The van der Waals surface area contributed by atoms with Gasteiger partial charge in [0.15, 0.2) is 0 Å². The normalized spacial score (nSPS) is 11.9. The summed E-state index contributed by atoms with van der Waals surface area (Å²) in [6, 6.07) is 1.95. The van der Waals surface area contributed by atoms with E-state index in [1.54, 1.807) is 18.4 Å². The lowest BCUT2D eigenvalue weighted by molar-refractivity contribution is 1.40. The fourth-order valence-electron chi connectivity index (χ4n) is 0.539. The van der Waals surface area contributed by atoms with Crippen LogP contribution in [0.15, 0.2) is 21.8 Å². The molecule has 0 unspecified atom stereocenters. The molecule has 0 saturated heterocycles. The first-order valence-electron chi connectivity index (χ1n) is 2.59. The van der Waals surface area contributed by atoms with Gasteiger partial charge in [-0.25, -0.2) is 0 Å². The molecule has 0 radical (unpaired) electrons. The number of aliphatic imine (C=N–C) groups is 1. The summed E-state index contributed by atoms with van der Waals surface area (Å²) < 4.78 is 0. The molecule has 2 nitrogen and oxygen atoms in total. The number of hydrogen-bond acceptors (Lipinski definition) is 2. The van der Waals surface area contributed by atoms with Gasteiger partial charge in [0.25, 0.3) is 0 Å². The van der Waals surface area contributed by atoms with Crippen molar-refractivity contribution < 1.29 is 0 Å². The fourth-order valence-corrected chi connectivity index (χ4v) is 1.19. The Kier molecular flexibility index (Phi) is 1.85. The van der Waals surface area contributed by atoms with E-state index in [4.69, 9.17) is 5.73 Å². The Hall–Kier alpha value is -0.830. The van der Waals surface area contributed by atoms with E-state index in [1.807, 2.05) is 16.8 Å². The SMILES string of the molecule is CN=C(N)c1ccsc1. The minimum Gasteiger partial charge on any atom is -0.383 e. The molecule has 1 heterocycles. The lowest BCUT2D eigenvalue weighted by Crippen LogP contribution is -2.11. The van der Waals surface area contributed by atoms with Crippen LogP contribution in [0.25, 0.3) is 0 Å². The minimum atomic E-state index is 0.608. The van der Waals surface area contributed by atoms with Gasteiger partial charge < -0.3 is 5.73 Å². The molecule has 9 heavy (non-hydrogen) atoms. The number of amidine groups is 1. The summed E-state index contributed by atoms with van der Waals surface area (Å²) in [5.74, 6) is 0.608. The Morgan fingerprint density at radius 2 is 2.56 bits per heavy atom. The third-order valence-corrected chi connectivity index (χ3v) is 1.74. The standard InChI is InChI=1S/C6H8N2S/c1-8-6(7)5-2-3-9-4-5/h2-4H,1H3,(H2,7,8). The maximum Gasteiger partial charge on any atom is 0.126 e. The summed E-state index contributed by atoms with van der Waals surface area (Å²) in [6.07, 6.45) is 0. The monoisotopic (exact) mass is 140 g/mol. The van der Waals surface area contributed by atoms with Crippen molar-refractivity contribution in [2.75, 3.05) is 7.05 Å². The Morgan fingerprint density at radius 3 is 3.00 bits per heavy atom. The highest BCUT2D eigenvalue weighted by molar-refractivity contribution is 7.08. The van der Waals surface area contributed by atoms with E-state index >= 15 is 0 Å². The summed E-state index contributed by atoms with van der Waals surface area (Å²) in [5.41, 5.74) is 6.51. The maximum absolute atomic E-state index is 5.50. The molecule has 3 heteroatoms. The molecule has 1 aromatic heterocycles. The zero-order valence-corrected chi connectivity index (χ0v) is 5.98. The van der Waals surface area contributed by atoms with Crippen molar-refractivity contribution in [3.8, 4) is 0 Å². The molecular formula is C6H8N2S. The Balaban J connectivity index is 2.90. The van der Waals surface area contributed by atoms with E-state index in [1.165, 1.54) is 0 Å². The average Bonchev–Trinajstić information content (AvgIpc) is 2.37. The van der Waals surface area contributed by atoms with Crippen LogP contribution >= 0.6 is 11.3 Å². The van der Waals surface area contributed by atoms with Crippen molar-refractivity contribution in [1.29, 1.82) is 0 Å². The predicted molar refractivity (Wildman–Crippen MR) is 41.0 cm³/mol. The lowest BCUT2D eigenvalue weighted by atomic mass is 10.3. The number of nitrogens with two attached hydrogens (primary N) is 1. The molecule has 48 valence electrons. The molecule has 1 rings (SSSR count). The molecule has 2 N–H and O–H groups in total. The Morgan fingerprint density at radius 1 is 1.78 bits per heavy atom. The van der Waals surface area contributed by atoms with Gasteiger partial charge in [-0.1, -0.05) is 0 Å².